The van der Waals surface area contributed by atoms with Crippen LogP contribution in [-0.4, -0.2) is 33.6 Å². The number of nitrogens with one attached hydrogen (secondary N) is 1. The van der Waals surface area contributed by atoms with E-state index in [0.29, 0.717) is 5.75 Å². The fourth-order valence-electron chi connectivity index (χ4n) is 2.42. The van der Waals surface area contributed by atoms with Gasteiger partial charge in [-0.25, -0.2) is 14.4 Å². The Morgan fingerprint density at radius 1 is 1.19 bits per heavy atom. The molecule has 0 unspecified atom stereocenters. The van der Waals surface area contributed by atoms with Crippen LogP contribution in [0.5, 0.6) is 5.75 Å². The number of hydrogen-bond acceptors (Lipinski definition) is 4. The summed E-state index contributed by atoms with van der Waals surface area (Å²) in [7, 11) is 0. The van der Waals surface area contributed by atoms with Gasteiger partial charge in [0.1, 0.15) is 17.1 Å². The third-order valence-electron chi connectivity index (χ3n) is 3.60. The molecular formula is C17H14F4N4O2. The van der Waals surface area contributed by atoms with Crippen molar-refractivity contribution in [1.29, 1.82) is 0 Å². The van der Waals surface area contributed by atoms with E-state index < -0.39 is 23.7 Å². The fraction of sp³-hybridized carbons (Fsp3) is 0.235. The molecule has 142 valence electrons. The van der Waals surface area contributed by atoms with E-state index >= 15 is 0 Å². The summed E-state index contributed by atoms with van der Waals surface area (Å²) in [5.41, 5.74) is 0.206. The molecule has 3 aromatic rings. The van der Waals surface area contributed by atoms with E-state index in [1.807, 2.05) is 0 Å². The number of carbonyl (C=O) groups excluding carboxylic acids is 1. The second-order valence-corrected chi connectivity index (χ2v) is 5.52. The first-order valence-corrected chi connectivity index (χ1v) is 7.88. The maximum Gasteiger partial charge on any atom is 0.449 e. The summed E-state index contributed by atoms with van der Waals surface area (Å²) in [6, 6.07) is 8.02. The molecule has 0 atom stereocenters. The highest BCUT2D eigenvalue weighted by molar-refractivity contribution is 5.77. The van der Waals surface area contributed by atoms with Gasteiger partial charge in [0.15, 0.2) is 12.3 Å². The van der Waals surface area contributed by atoms with Crippen molar-refractivity contribution in [3.05, 3.63) is 54.2 Å². The van der Waals surface area contributed by atoms with Crippen molar-refractivity contribution in [2.75, 3.05) is 13.2 Å². The van der Waals surface area contributed by atoms with Gasteiger partial charge in [-0.3, -0.25) is 4.79 Å². The van der Waals surface area contributed by atoms with Gasteiger partial charge < -0.3 is 14.6 Å². The molecule has 3 rings (SSSR count). The Kier molecular flexibility index (Phi) is 5.24. The molecule has 10 heteroatoms. The first-order valence-electron chi connectivity index (χ1n) is 7.88. The van der Waals surface area contributed by atoms with Gasteiger partial charge in [-0.2, -0.15) is 13.2 Å². The lowest BCUT2D eigenvalue weighted by atomic mass is 10.3. The van der Waals surface area contributed by atoms with E-state index in [2.05, 4.69) is 15.3 Å². The van der Waals surface area contributed by atoms with Gasteiger partial charge in [0.25, 0.3) is 5.91 Å². The van der Waals surface area contributed by atoms with Crippen LogP contribution >= 0.6 is 0 Å². The van der Waals surface area contributed by atoms with Crippen LogP contribution in [0, 0.1) is 5.82 Å². The number of alkyl halides is 3. The largest absolute Gasteiger partial charge is 0.484 e. The molecule has 2 aromatic heterocycles. The van der Waals surface area contributed by atoms with Crippen LogP contribution < -0.4 is 10.1 Å². The lowest BCUT2D eigenvalue weighted by Crippen LogP contribution is -2.32. The van der Waals surface area contributed by atoms with Gasteiger partial charge in [0, 0.05) is 19.3 Å². The number of pyridine rings is 1. The highest BCUT2D eigenvalue weighted by Crippen LogP contribution is 2.30. The Labute approximate surface area is 150 Å². The number of ether oxygens (including phenoxy) is 1. The molecule has 0 aliphatic carbocycles. The number of aromatic nitrogens is 3. The minimum Gasteiger partial charge on any atom is -0.484 e. The summed E-state index contributed by atoms with van der Waals surface area (Å²) in [6.07, 6.45) is -3.27. The molecule has 0 aliphatic heterocycles. The van der Waals surface area contributed by atoms with E-state index in [4.69, 9.17) is 4.74 Å². The molecule has 0 radical (unpaired) electrons. The van der Waals surface area contributed by atoms with E-state index in [9.17, 15) is 22.4 Å². The van der Waals surface area contributed by atoms with Crippen LogP contribution in [0.25, 0.3) is 11.2 Å². The number of benzene rings is 1. The van der Waals surface area contributed by atoms with Gasteiger partial charge >= 0.3 is 6.18 Å². The van der Waals surface area contributed by atoms with Gasteiger partial charge in [0.2, 0.25) is 5.82 Å². The zero-order valence-corrected chi connectivity index (χ0v) is 13.8. The molecule has 1 N–H and O–H groups in total. The summed E-state index contributed by atoms with van der Waals surface area (Å²) in [4.78, 5) is 19.3. The van der Waals surface area contributed by atoms with Crippen LogP contribution in [0.2, 0.25) is 0 Å². The first kappa shape index (κ1) is 18.6. The smallest absolute Gasteiger partial charge is 0.449 e. The van der Waals surface area contributed by atoms with Crippen molar-refractivity contribution in [3.8, 4) is 5.75 Å². The lowest BCUT2D eigenvalue weighted by molar-refractivity contribution is -0.146. The second-order valence-electron chi connectivity index (χ2n) is 5.52. The maximum atomic E-state index is 13.2. The normalized spacial score (nSPS) is 11.6. The average molecular weight is 382 g/mol. The highest BCUT2D eigenvalue weighted by atomic mass is 19.4. The molecule has 1 aromatic carbocycles. The molecule has 0 aliphatic rings. The van der Waals surface area contributed by atoms with Crippen molar-refractivity contribution >= 4 is 17.1 Å². The number of amides is 1. The summed E-state index contributed by atoms with van der Waals surface area (Å²) < 4.78 is 58.4. The molecule has 1 amide bonds. The third kappa shape index (κ3) is 4.52. The van der Waals surface area contributed by atoms with Crippen LogP contribution in [0.15, 0.2) is 42.6 Å². The Morgan fingerprint density at radius 2 is 1.93 bits per heavy atom. The van der Waals surface area contributed by atoms with Crippen LogP contribution in [0.1, 0.15) is 5.82 Å². The molecule has 0 fully saturated rings. The zero-order valence-electron chi connectivity index (χ0n) is 13.8. The number of rotatable bonds is 6. The van der Waals surface area contributed by atoms with Crippen molar-refractivity contribution in [3.63, 3.8) is 0 Å². The number of imidazole rings is 1. The minimum atomic E-state index is -4.64. The molecule has 0 saturated heterocycles. The molecule has 2 heterocycles. The number of hydrogen-bond donors (Lipinski definition) is 1. The molecule has 0 bridgehead atoms. The molecule has 0 spiro atoms. The summed E-state index contributed by atoms with van der Waals surface area (Å²) in [6.45, 7) is -0.581. The van der Waals surface area contributed by atoms with Crippen molar-refractivity contribution < 1.29 is 27.1 Å². The maximum absolute atomic E-state index is 13.2. The predicted octanol–water partition coefficient (Wildman–Crippen LogP) is 2.78. The minimum absolute atomic E-state index is 0.0727. The number of carbonyl (C=O) groups is 1. The summed E-state index contributed by atoms with van der Waals surface area (Å²) >= 11 is 0. The van der Waals surface area contributed by atoms with Crippen LogP contribution in [0.3, 0.4) is 0 Å². The first-order chi connectivity index (χ1) is 12.8. The number of halogens is 4. The van der Waals surface area contributed by atoms with E-state index in [1.54, 1.807) is 0 Å². The van der Waals surface area contributed by atoms with Gasteiger partial charge in [-0.05, 0) is 36.4 Å². The highest BCUT2D eigenvalue weighted by Gasteiger charge is 2.37. The number of fused-ring (bicyclic) bond motifs is 1. The van der Waals surface area contributed by atoms with E-state index in [0.717, 1.165) is 4.57 Å². The lowest BCUT2D eigenvalue weighted by Gasteiger charge is -2.12. The summed E-state index contributed by atoms with van der Waals surface area (Å²) in [5, 5.41) is 2.46. The second kappa shape index (κ2) is 7.60. The monoisotopic (exact) mass is 382 g/mol. The fourth-order valence-corrected chi connectivity index (χ4v) is 2.42. The Balaban J connectivity index is 1.60. The standard InChI is InChI=1S/C17H14F4N4O2/c18-11-3-5-12(6-4-11)27-10-14(26)22-8-9-25-15-13(2-1-7-23-15)24-16(25)17(19,20)21/h1-7H,8-10H2,(H,22,26). The van der Waals surface area contributed by atoms with Crippen molar-refractivity contribution in [1.82, 2.24) is 19.9 Å². The molecular weight excluding hydrogens is 368 g/mol. The average Bonchev–Trinajstić information content (AvgIpc) is 3.01. The van der Waals surface area contributed by atoms with Crippen LogP contribution in [-0.2, 0) is 17.5 Å². The quantitative estimate of drug-likeness (QED) is 0.666. The van der Waals surface area contributed by atoms with Gasteiger partial charge in [0.05, 0.1) is 0 Å². The van der Waals surface area contributed by atoms with E-state index in [1.165, 1.54) is 42.6 Å². The SMILES string of the molecule is O=C(COc1ccc(F)cc1)NCCn1c(C(F)(F)F)nc2cccnc21. The number of nitrogens with zero attached hydrogens (tertiary/aromatic N) is 3. The predicted molar refractivity (Wildman–Crippen MR) is 87.4 cm³/mol. The zero-order chi connectivity index (χ0) is 19.4. The Bertz CT molecular complexity index is 938. The Hall–Kier alpha value is -3.17. The van der Waals surface area contributed by atoms with Gasteiger partial charge in [-0.1, -0.05) is 0 Å². The Morgan fingerprint density at radius 3 is 2.63 bits per heavy atom. The van der Waals surface area contributed by atoms with Crippen molar-refractivity contribution in [2.45, 2.75) is 12.7 Å². The molecule has 27 heavy (non-hydrogen) atoms. The van der Waals surface area contributed by atoms with Crippen LogP contribution in [0.4, 0.5) is 17.6 Å². The van der Waals surface area contributed by atoms with Crippen molar-refractivity contribution in [2.24, 2.45) is 0 Å². The third-order valence-corrected chi connectivity index (χ3v) is 3.60. The summed E-state index contributed by atoms with van der Waals surface area (Å²) in [5.74, 6) is -1.73. The van der Waals surface area contributed by atoms with E-state index in [-0.39, 0.29) is 30.9 Å². The molecule has 0 saturated carbocycles. The van der Waals surface area contributed by atoms with Gasteiger partial charge in [-0.15, -0.1) is 0 Å². The topological polar surface area (TPSA) is 69.0 Å². The molecule has 6 nitrogen and oxygen atoms in total.